The second-order valence-corrected chi connectivity index (χ2v) is 9.69. The normalized spacial score (nSPS) is 23.3. The number of amides is 2. The molecule has 3 aliphatic rings. The summed E-state index contributed by atoms with van der Waals surface area (Å²) in [4.78, 5) is 40.2. The van der Waals surface area contributed by atoms with Gasteiger partial charge in [-0.25, -0.2) is 0 Å². The number of carbonyl (C=O) groups excluding carboxylic acids is 3. The fraction of sp³-hybridized carbons (Fsp3) is 0.654. The Morgan fingerprint density at radius 1 is 1.03 bits per heavy atom. The molecule has 1 aromatic carbocycles. The minimum atomic E-state index is -0.372. The van der Waals surface area contributed by atoms with Gasteiger partial charge in [0.2, 0.25) is 5.91 Å². The molecule has 0 aromatic heterocycles. The molecule has 1 unspecified atom stereocenters. The fourth-order valence-electron chi connectivity index (χ4n) is 5.34. The first-order chi connectivity index (χ1) is 15.1. The lowest BCUT2D eigenvalue weighted by atomic mass is 9.81. The van der Waals surface area contributed by atoms with E-state index >= 15 is 0 Å². The van der Waals surface area contributed by atoms with Crippen molar-refractivity contribution in [2.24, 2.45) is 11.8 Å². The molecular weight excluding hydrogens is 388 g/mol. The minimum absolute atomic E-state index is 0.137. The maximum absolute atomic E-state index is 13.1. The van der Waals surface area contributed by atoms with Gasteiger partial charge in [-0.15, -0.1) is 0 Å². The SMILES string of the molecule is CCC(=O)[C@H](NC(=O)c1cccc(C2CCCN(C(=O)C3CC3)C2)c1)C1CCCCC1. The molecule has 1 saturated heterocycles. The number of piperidine rings is 1. The second kappa shape index (κ2) is 9.97. The first kappa shape index (κ1) is 22.0. The van der Waals surface area contributed by atoms with Crippen molar-refractivity contribution >= 4 is 17.6 Å². The fourth-order valence-corrected chi connectivity index (χ4v) is 5.34. The van der Waals surface area contributed by atoms with Gasteiger partial charge in [0, 0.05) is 36.9 Å². The van der Waals surface area contributed by atoms with E-state index < -0.39 is 0 Å². The van der Waals surface area contributed by atoms with E-state index in [1.54, 1.807) is 0 Å². The van der Waals surface area contributed by atoms with Crippen LogP contribution in [0.1, 0.15) is 93.0 Å². The number of carbonyl (C=O) groups is 3. The molecule has 5 heteroatoms. The maximum Gasteiger partial charge on any atom is 0.251 e. The number of hydrogen-bond acceptors (Lipinski definition) is 3. The van der Waals surface area contributed by atoms with Gasteiger partial charge in [-0.05, 0) is 62.1 Å². The van der Waals surface area contributed by atoms with E-state index in [1.165, 1.54) is 6.42 Å². The summed E-state index contributed by atoms with van der Waals surface area (Å²) < 4.78 is 0. The molecule has 5 nitrogen and oxygen atoms in total. The number of hydrogen-bond donors (Lipinski definition) is 1. The zero-order valence-electron chi connectivity index (χ0n) is 18.8. The summed E-state index contributed by atoms with van der Waals surface area (Å²) in [6, 6.07) is 7.44. The van der Waals surface area contributed by atoms with Crippen LogP contribution in [0.15, 0.2) is 24.3 Å². The molecule has 0 radical (unpaired) electrons. The summed E-state index contributed by atoms with van der Waals surface area (Å²) in [5.41, 5.74) is 1.74. The first-order valence-corrected chi connectivity index (χ1v) is 12.3. The highest BCUT2D eigenvalue weighted by Crippen LogP contribution is 2.34. The van der Waals surface area contributed by atoms with Gasteiger partial charge in [0.15, 0.2) is 5.78 Å². The number of benzene rings is 1. The summed E-state index contributed by atoms with van der Waals surface area (Å²) in [7, 11) is 0. The molecule has 1 heterocycles. The summed E-state index contributed by atoms with van der Waals surface area (Å²) in [5, 5.41) is 3.08. The Hall–Kier alpha value is -2.17. The summed E-state index contributed by atoms with van der Waals surface area (Å²) in [6.07, 6.45) is 10.1. The number of ketones is 1. The molecule has 1 N–H and O–H groups in total. The van der Waals surface area contributed by atoms with Crippen molar-refractivity contribution in [2.45, 2.75) is 83.1 Å². The predicted molar refractivity (Wildman–Crippen MR) is 121 cm³/mol. The van der Waals surface area contributed by atoms with Crippen LogP contribution in [0, 0.1) is 11.8 Å². The quantitative estimate of drug-likeness (QED) is 0.703. The smallest absolute Gasteiger partial charge is 0.251 e. The summed E-state index contributed by atoms with van der Waals surface area (Å²) in [6.45, 7) is 3.48. The van der Waals surface area contributed by atoms with Gasteiger partial charge < -0.3 is 10.2 Å². The van der Waals surface area contributed by atoms with Crippen molar-refractivity contribution in [3.63, 3.8) is 0 Å². The third-order valence-corrected chi connectivity index (χ3v) is 7.38. The molecular formula is C26H36N2O3. The van der Waals surface area contributed by atoms with Crippen LogP contribution in [-0.4, -0.2) is 41.6 Å². The molecule has 0 bridgehead atoms. The molecule has 4 rings (SSSR count). The minimum Gasteiger partial charge on any atom is -0.342 e. The van der Waals surface area contributed by atoms with Gasteiger partial charge >= 0.3 is 0 Å². The van der Waals surface area contributed by atoms with Crippen molar-refractivity contribution in [1.29, 1.82) is 0 Å². The number of rotatable bonds is 7. The van der Waals surface area contributed by atoms with Crippen molar-refractivity contribution in [3.8, 4) is 0 Å². The number of nitrogens with zero attached hydrogens (tertiary/aromatic N) is 1. The molecule has 2 amide bonds. The van der Waals surface area contributed by atoms with Crippen LogP contribution in [0.3, 0.4) is 0 Å². The van der Waals surface area contributed by atoms with E-state index in [1.807, 2.05) is 30.0 Å². The van der Waals surface area contributed by atoms with E-state index in [2.05, 4.69) is 11.4 Å². The van der Waals surface area contributed by atoms with Gasteiger partial charge in [-0.1, -0.05) is 38.3 Å². The molecule has 2 saturated carbocycles. The Kier molecular flexibility index (Phi) is 7.09. The van der Waals surface area contributed by atoms with Crippen LogP contribution in [-0.2, 0) is 9.59 Å². The third kappa shape index (κ3) is 5.36. The van der Waals surface area contributed by atoms with E-state index in [4.69, 9.17) is 0 Å². The second-order valence-electron chi connectivity index (χ2n) is 9.69. The number of Topliss-reactive ketones (excluding diaryl/α,β-unsaturated/α-hetero) is 1. The van der Waals surface area contributed by atoms with E-state index in [-0.39, 0.29) is 35.5 Å². The van der Waals surface area contributed by atoms with Crippen molar-refractivity contribution in [1.82, 2.24) is 10.2 Å². The lowest BCUT2D eigenvalue weighted by molar-refractivity contribution is -0.133. The van der Waals surface area contributed by atoms with Crippen LogP contribution < -0.4 is 5.32 Å². The molecule has 1 aliphatic heterocycles. The van der Waals surface area contributed by atoms with Crippen molar-refractivity contribution in [2.75, 3.05) is 13.1 Å². The summed E-state index contributed by atoms with van der Waals surface area (Å²) in [5.74, 6) is 1.08. The molecule has 1 aromatic rings. The van der Waals surface area contributed by atoms with Crippen LogP contribution in [0.2, 0.25) is 0 Å². The van der Waals surface area contributed by atoms with Gasteiger partial charge in [-0.2, -0.15) is 0 Å². The third-order valence-electron chi connectivity index (χ3n) is 7.38. The van der Waals surface area contributed by atoms with Crippen molar-refractivity contribution < 1.29 is 14.4 Å². The summed E-state index contributed by atoms with van der Waals surface area (Å²) >= 11 is 0. The van der Waals surface area contributed by atoms with Crippen LogP contribution in [0.25, 0.3) is 0 Å². The van der Waals surface area contributed by atoms with Gasteiger partial charge in [0.25, 0.3) is 5.91 Å². The zero-order chi connectivity index (χ0) is 21.8. The standard InChI is InChI=1S/C26H36N2O3/c1-2-23(29)24(18-8-4-3-5-9-18)27-25(30)21-11-6-10-20(16-21)22-12-7-15-28(17-22)26(31)19-13-14-19/h6,10-11,16,18-19,22,24H,2-5,7-9,12-15,17H2,1H3,(H,27,30)/t22?,24-/m1/s1. The highest BCUT2D eigenvalue weighted by Gasteiger charge is 2.36. The van der Waals surface area contributed by atoms with Gasteiger partial charge in [0.05, 0.1) is 6.04 Å². The topological polar surface area (TPSA) is 66.5 Å². The zero-order valence-corrected chi connectivity index (χ0v) is 18.8. The molecule has 3 fully saturated rings. The van der Waals surface area contributed by atoms with E-state index in [0.29, 0.717) is 17.9 Å². The Bertz CT molecular complexity index is 811. The molecule has 31 heavy (non-hydrogen) atoms. The number of likely N-dealkylation sites (tertiary alicyclic amines) is 1. The predicted octanol–water partition coefficient (Wildman–Crippen LogP) is 4.46. The lowest BCUT2D eigenvalue weighted by Gasteiger charge is -2.33. The van der Waals surface area contributed by atoms with Crippen LogP contribution >= 0.6 is 0 Å². The van der Waals surface area contributed by atoms with Gasteiger partial charge in [-0.3, -0.25) is 14.4 Å². The largest absolute Gasteiger partial charge is 0.342 e. The molecule has 2 atom stereocenters. The van der Waals surface area contributed by atoms with Gasteiger partial charge in [0.1, 0.15) is 0 Å². The van der Waals surface area contributed by atoms with Crippen LogP contribution in [0.5, 0.6) is 0 Å². The Morgan fingerprint density at radius 3 is 2.52 bits per heavy atom. The molecule has 2 aliphatic carbocycles. The van der Waals surface area contributed by atoms with E-state index in [0.717, 1.165) is 70.0 Å². The Labute approximate surface area is 186 Å². The van der Waals surface area contributed by atoms with E-state index in [9.17, 15) is 14.4 Å². The molecule has 0 spiro atoms. The highest BCUT2D eigenvalue weighted by atomic mass is 16.2. The first-order valence-electron chi connectivity index (χ1n) is 12.3. The highest BCUT2D eigenvalue weighted by molar-refractivity contribution is 5.98. The van der Waals surface area contributed by atoms with Crippen molar-refractivity contribution in [3.05, 3.63) is 35.4 Å². The Morgan fingerprint density at radius 2 is 1.81 bits per heavy atom. The monoisotopic (exact) mass is 424 g/mol. The average molecular weight is 425 g/mol. The van der Waals surface area contributed by atoms with Crippen LogP contribution in [0.4, 0.5) is 0 Å². The number of nitrogens with one attached hydrogen (secondary N) is 1. The maximum atomic E-state index is 13.1. The Balaban J connectivity index is 1.44. The molecule has 168 valence electrons. The average Bonchev–Trinajstić information content (AvgIpc) is 3.68. The lowest BCUT2D eigenvalue weighted by Crippen LogP contribution is -2.46.